The van der Waals surface area contributed by atoms with Crippen molar-refractivity contribution >= 4 is 67.6 Å². The molecule has 0 aliphatic heterocycles. The van der Waals surface area contributed by atoms with Gasteiger partial charge in [0.1, 0.15) is 0 Å². The van der Waals surface area contributed by atoms with Crippen LogP contribution in [0.4, 0.5) is 0 Å². The lowest BCUT2D eigenvalue weighted by molar-refractivity contribution is 0.282. The molecule has 0 saturated heterocycles. The molecule has 0 aromatic heterocycles. The molecular formula is C29H48O5Si6. The van der Waals surface area contributed by atoms with E-state index in [1.807, 2.05) is 18.2 Å². The van der Waals surface area contributed by atoms with Crippen molar-refractivity contribution in [3.05, 3.63) is 91.0 Å². The van der Waals surface area contributed by atoms with Gasteiger partial charge in [0.05, 0.1) is 0 Å². The van der Waals surface area contributed by atoms with Crippen LogP contribution >= 0.6 is 0 Å². The van der Waals surface area contributed by atoms with E-state index in [2.05, 4.69) is 125 Å². The molecule has 0 saturated carbocycles. The Kier molecular flexibility index (Phi) is 11.9. The van der Waals surface area contributed by atoms with Gasteiger partial charge in [0.15, 0.2) is 34.7 Å². The van der Waals surface area contributed by atoms with Crippen LogP contribution in [0.1, 0.15) is 0 Å². The lowest BCUT2D eigenvalue weighted by Crippen LogP contribution is -2.67. The van der Waals surface area contributed by atoms with E-state index in [-0.39, 0.29) is 0 Å². The molecule has 0 heterocycles. The molecule has 218 valence electrons. The zero-order valence-electron chi connectivity index (χ0n) is 25.8. The molecule has 0 N–H and O–H groups in total. The summed E-state index contributed by atoms with van der Waals surface area (Å²) < 4.78 is 34.5. The first kappa shape index (κ1) is 33.3. The highest BCUT2D eigenvalue weighted by Crippen LogP contribution is 2.29. The maximum absolute atomic E-state index is 7.27. The summed E-state index contributed by atoms with van der Waals surface area (Å²) in [5, 5.41) is 3.36. The third-order valence-corrected chi connectivity index (χ3v) is 26.8. The van der Waals surface area contributed by atoms with Crippen molar-refractivity contribution in [1.82, 2.24) is 0 Å². The fourth-order valence-electron chi connectivity index (χ4n) is 4.87. The van der Waals surface area contributed by atoms with E-state index < -0.39 is 52.1 Å². The molecule has 3 aromatic rings. The molecule has 0 spiro atoms. The van der Waals surface area contributed by atoms with Crippen LogP contribution in [-0.4, -0.2) is 59.2 Å². The predicted octanol–water partition coefficient (Wildman–Crippen LogP) is 5.18. The first-order valence-electron chi connectivity index (χ1n) is 14.3. The van der Waals surface area contributed by atoms with Crippen LogP contribution in [0.5, 0.6) is 0 Å². The molecule has 0 radical (unpaired) electrons. The summed E-state index contributed by atoms with van der Waals surface area (Å²) in [5.74, 6) is 0. The van der Waals surface area contributed by atoms with Crippen LogP contribution in [0.15, 0.2) is 91.0 Å². The molecule has 11 heteroatoms. The normalized spacial score (nSPS) is 13.3. The first-order valence-corrected chi connectivity index (χ1v) is 29.6. The van der Waals surface area contributed by atoms with Crippen LogP contribution < -0.4 is 15.6 Å². The van der Waals surface area contributed by atoms with Gasteiger partial charge in [0.25, 0.3) is 0 Å². The quantitative estimate of drug-likeness (QED) is 0.214. The van der Waals surface area contributed by atoms with Crippen LogP contribution in [0, 0.1) is 0 Å². The monoisotopic (exact) mass is 644 g/mol. The predicted molar refractivity (Wildman–Crippen MR) is 183 cm³/mol. The van der Waals surface area contributed by atoms with Crippen LogP contribution in [-0.2, 0) is 20.9 Å². The van der Waals surface area contributed by atoms with Crippen molar-refractivity contribution in [2.45, 2.75) is 64.5 Å². The van der Waals surface area contributed by atoms with Gasteiger partial charge in [-0.05, 0) is 74.8 Å². The number of hydrogen-bond acceptors (Lipinski definition) is 5. The van der Waals surface area contributed by atoms with Gasteiger partial charge in [-0.1, -0.05) is 91.0 Å². The average molecular weight is 645 g/mol. The van der Waals surface area contributed by atoms with E-state index in [4.69, 9.17) is 20.9 Å². The van der Waals surface area contributed by atoms with Gasteiger partial charge in [-0.15, -0.1) is 0 Å². The maximum Gasteiger partial charge on any atom is 0.505 e. The molecule has 3 aromatic carbocycles. The summed E-state index contributed by atoms with van der Waals surface area (Å²) in [6, 6.07) is 33.4. The zero-order chi connectivity index (χ0) is 29.4. The van der Waals surface area contributed by atoms with Gasteiger partial charge >= 0.3 is 17.4 Å². The van der Waals surface area contributed by atoms with Gasteiger partial charge in [0.2, 0.25) is 0 Å². The third-order valence-electron chi connectivity index (χ3n) is 6.66. The summed E-state index contributed by atoms with van der Waals surface area (Å²) in [4.78, 5) is 0. The SMILES string of the molecule is CO[Si](O[Si](C)(C)CC[Si](C)(C)O[Si](O[SiH](C)C)(O[SiH](C)C)c1ccccc1)(c1ccccc1)c1ccccc1. The van der Waals surface area contributed by atoms with E-state index in [1.54, 1.807) is 7.11 Å². The van der Waals surface area contributed by atoms with E-state index in [1.165, 1.54) is 0 Å². The van der Waals surface area contributed by atoms with Crippen molar-refractivity contribution in [3.8, 4) is 0 Å². The van der Waals surface area contributed by atoms with E-state index in [0.717, 1.165) is 27.6 Å². The minimum absolute atomic E-state index is 0.970. The molecule has 3 rings (SSSR count). The van der Waals surface area contributed by atoms with E-state index >= 15 is 0 Å². The fraction of sp³-hybridized carbons (Fsp3) is 0.379. The van der Waals surface area contributed by atoms with Crippen molar-refractivity contribution < 1.29 is 20.9 Å². The molecule has 0 amide bonds. The van der Waals surface area contributed by atoms with Gasteiger partial charge < -0.3 is 20.9 Å². The van der Waals surface area contributed by atoms with E-state index in [9.17, 15) is 0 Å². The van der Waals surface area contributed by atoms with Gasteiger partial charge in [-0.25, -0.2) is 0 Å². The highest BCUT2D eigenvalue weighted by atomic mass is 28.5. The molecule has 5 nitrogen and oxygen atoms in total. The Bertz CT molecular complexity index is 1110. The summed E-state index contributed by atoms with van der Waals surface area (Å²) in [7, 11) is -11.4. The summed E-state index contributed by atoms with van der Waals surface area (Å²) in [6.07, 6.45) is 0. The lowest BCUT2D eigenvalue weighted by Gasteiger charge is -2.41. The van der Waals surface area contributed by atoms with Crippen LogP contribution in [0.25, 0.3) is 0 Å². The fourth-order valence-corrected chi connectivity index (χ4v) is 29.0. The van der Waals surface area contributed by atoms with Gasteiger partial charge in [-0.3, -0.25) is 0 Å². The highest BCUT2D eigenvalue weighted by Gasteiger charge is 2.50. The Labute approximate surface area is 250 Å². The summed E-state index contributed by atoms with van der Waals surface area (Å²) in [5.41, 5.74) is 0. The maximum atomic E-state index is 7.27. The van der Waals surface area contributed by atoms with E-state index in [0.29, 0.717) is 0 Å². The van der Waals surface area contributed by atoms with Gasteiger partial charge in [-0.2, -0.15) is 0 Å². The third kappa shape index (κ3) is 8.88. The van der Waals surface area contributed by atoms with Crippen molar-refractivity contribution in [2.24, 2.45) is 0 Å². The van der Waals surface area contributed by atoms with Crippen LogP contribution in [0.2, 0.25) is 64.5 Å². The Morgan fingerprint density at radius 1 is 0.525 bits per heavy atom. The average Bonchev–Trinajstić information content (AvgIpc) is 2.91. The van der Waals surface area contributed by atoms with Gasteiger partial charge in [0, 0.05) is 12.3 Å². The van der Waals surface area contributed by atoms with Crippen molar-refractivity contribution in [3.63, 3.8) is 0 Å². The Morgan fingerprint density at radius 3 is 1.23 bits per heavy atom. The molecule has 0 aliphatic rings. The minimum atomic E-state index is -3.04. The molecule has 0 fully saturated rings. The minimum Gasteiger partial charge on any atom is -0.429 e. The van der Waals surface area contributed by atoms with Crippen LogP contribution in [0.3, 0.4) is 0 Å². The number of benzene rings is 3. The number of hydrogen-bond donors (Lipinski definition) is 0. The molecule has 0 bridgehead atoms. The Balaban J connectivity index is 1.89. The highest BCUT2D eigenvalue weighted by molar-refractivity contribution is 6.98. The molecule has 0 aliphatic carbocycles. The molecule has 0 unspecified atom stereocenters. The lowest BCUT2D eigenvalue weighted by atomic mass is 10.4. The molecule has 0 atom stereocenters. The molecular weight excluding hydrogens is 597 g/mol. The second-order valence-corrected chi connectivity index (χ2v) is 32.3. The number of rotatable bonds is 15. The standard InChI is InChI=1S/C29H48O5Si6/c1-30-39(27-19-13-10-14-20-27,28-21-15-11-16-22-28)33-37(6,7)25-26-38(8,9)34-40(31-35(2)3,32-36(4)5)29-23-17-12-18-24-29/h10-24,35-36H,25-26H2,1-9H3. The first-order chi connectivity index (χ1) is 18.8. The molecule has 40 heavy (non-hydrogen) atoms. The van der Waals surface area contributed by atoms with Crippen molar-refractivity contribution in [2.75, 3.05) is 7.11 Å². The summed E-state index contributed by atoms with van der Waals surface area (Å²) in [6.45, 7) is 18.1. The topological polar surface area (TPSA) is 46.2 Å². The summed E-state index contributed by atoms with van der Waals surface area (Å²) >= 11 is 0. The largest absolute Gasteiger partial charge is 0.505 e. The Hall–Kier alpha value is -1.24. The second kappa shape index (κ2) is 14.3. The van der Waals surface area contributed by atoms with Crippen molar-refractivity contribution in [1.29, 1.82) is 0 Å². The smallest absolute Gasteiger partial charge is 0.429 e. The Morgan fingerprint density at radius 2 is 0.875 bits per heavy atom. The zero-order valence-corrected chi connectivity index (χ0v) is 32.1. The second-order valence-electron chi connectivity index (χ2n) is 12.0.